The first-order valence-electron chi connectivity index (χ1n) is 6.14. The van der Waals surface area contributed by atoms with E-state index in [1.54, 1.807) is 36.4 Å². The summed E-state index contributed by atoms with van der Waals surface area (Å²) in [6.07, 6.45) is 5.49. The molecule has 1 saturated heterocycles. The molecule has 1 amide bonds. The molecule has 1 fully saturated rings. The molecule has 1 aliphatic heterocycles. The Labute approximate surface area is 107 Å². The molecule has 1 heterocycles. The van der Waals surface area contributed by atoms with E-state index < -0.39 is 0 Å². The van der Waals surface area contributed by atoms with E-state index in [4.69, 9.17) is 0 Å². The fourth-order valence-electron chi connectivity index (χ4n) is 2.14. The third kappa shape index (κ3) is 2.62. The normalized spacial score (nSPS) is 15.8. The van der Waals surface area contributed by atoms with E-state index >= 15 is 0 Å². The predicted octanol–water partition coefficient (Wildman–Crippen LogP) is 2.58. The number of allylic oxidation sites excluding steroid dienone is 2. The maximum atomic E-state index is 12.4. The van der Waals surface area contributed by atoms with Crippen molar-refractivity contribution in [2.45, 2.75) is 12.8 Å². The van der Waals surface area contributed by atoms with Crippen LogP contribution in [0.15, 0.2) is 43.0 Å². The van der Waals surface area contributed by atoms with Crippen LogP contribution < -0.4 is 0 Å². The van der Waals surface area contributed by atoms with Gasteiger partial charge in [-0.25, -0.2) is 0 Å². The van der Waals surface area contributed by atoms with Gasteiger partial charge in [0.2, 0.25) is 0 Å². The van der Waals surface area contributed by atoms with Gasteiger partial charge in [0.05, 0.1) is 0 Å². The number of hydrogen-bond donors (Lipinski definition) is 1. The van der Waals surface area contributed by atoms with Crippen LogP contribution in [0, 0.1) is 0 Å². The van der Waals surface area contributed by atoms with Crippen LogP contribution in [0.4, 0.5) is 0 Å². The third-order valence-electron chi connectivity index (χ3n) is 3.09. The van der Waals surface area contributed by atoms with Gasteiger partial charge in [0.25, 0.3) is 5.91 Å². The summed E-state index contributed by atoms with van der Waals surface area (Å²) in [7, 11) is 0. The zero-order valence-electron chi connectivity index (χ0n) is 10.3. The van der Waals surface area contributed by atoms with Crippen LogP contribution in [0.25, 0.3) is 5.57 Å². The summed E-state index contributed by atoms with van der Waals surface area (Å²) in [4.78, 5) is 14.2. The number of carbonyl (C=O) groups is 1. The summed E-state index contributed by atoms with van der Waals surface area (Å²) >= 11 is 0. The van der Waals surface area contributed by atoms with Crippen molar-refractivity contribution >= 4 is 11.5 Å². The second kappa shape index (κ2) is 5.54. The SMILES string of the molecule is C=CC=C(C(=O)N1CCCC1)c1ccc(O)cc1. The van der Waals surface area contributed by atoms with Gasteiger partial charge in [-0.2, -0.15) is 0 Å². The maximum absolute atomic E-state index is 12.4. The molecule has 1 N–H and O–H groups in total. The van der Waals surface area contributed by atoms with Gasteiger partial charge in [-0.3, -0.25) is 4.79 Å². The van der Waals surface area contributed by atoms with Crippen molar-refractivity contribution in [3.63, 3.8) is 0 Å². The number of rotatable bonds is 3. The lowest BCUT2D eigenvalue weighted by Gasteiger charge is -2.17. The smallest absolute Gasteiger partial charge is 0.254 e. The molecule has 3 nitrogen and oxygen atoms in total. The van der Waals surface area contributed by atoms with Gasteiger partial charge in [0.1, 0.15) is 5.75 Å². The number of carbonyl (C=O) groups excluding carboxylic acids is 1. The average molecular weight is 243 g/mol. The van der Waals surface area contributed by atoms with Crippen LogP contribution >= 0.6 is 0 Å². The van der Waals surface area contributed by atoms with E-state index in [9.17, 15) is 9.90 Å². The molecule has 94 valence electrons. The maximum Gasteiger partial charge on any atom is 0.254 e. The van der Waals surface area contributed by atoms with E-state index in [0.29, 0.717) is 5.57 Å². The summed E-state index contributed by atoms with van der Waals surface area (Å²) < 4.78 is 0. The lowest BCUT2D eigenvalue weighted by atomic mass is 10.0. The number of benzene rings is 1. The van der Waals surface area contributed by atoms with Crippen molar-refractivity contribution < 1.29 is 9.90 Å². The molecule has 1 aromatic carbocycles. The molecule has 0 aliphatic carbocycles. The van der Waals surface area contributed by atoms with Crippen molar-refractivity contribution in [1.29, 1.82) is 0 Å². The van der Waals surface area contributed by atoms with Gasteiger partial charge in [-0.05, 0) is 36.6 Å². The van der Waals surface area contributed by atoms with E-state index in [2.05, 4.69) is 6.58 Å². The van der Waals surface area contributed by atoms with Crippen molar-refractivity contribution in [3.8, 4) is 5.75 Å². The Balaban J connectivity index is 2.28. The topological polar surface area (TPSA) is 40.5 Å². The van der Waals surface area contributed by atoms with Crippen molar-refractivity contribution in [2.24, 2.45) is 0 Å². The summed E-state index contributed by atoms with van der Waals surface area (Å²) in [5.41, 5.74) is 1.44. The summed E-state index contributed by atoms with van der Waals surface area (Å²) in [5, 5.41) is 9.28. The van der Waals surface area contributed by atoms with Gasteiger partial charge >= 0.3 is 0 Å². The van der Waals surface area contributed by atoms with Gasteiger partial charge in [-0.1, -0.05) is 24.8 Å². The van der Waals surface area contributed by atoms with Crippen LogP contribution in [0.1, 0.15) is 18.4 Å². The Morgan fingerprint density at radius 2 is 1.83 bits per heavy atom. The first kappa shape index (κ1) is 12.4. The van der Waals surface area contributed by atoms with Crippen molar-refractivity contribution in [2.75, 3.05) is 13.1 Å². The molecule has 0 spiro atoms. The number of likely N-dealkylation sites (tertiary alicyclic amines) is 1. The quantitative estimate of drug-likeness (QED) is 0.654. The van der Waals surface area contributed by atoms with Crippen LogP contribution in [0.5, 0.6) is 5.75 Å². The number of phenolic OH excluding ortho intramolecular Hbond substituents is 1. The highest BCUT2D eigenvalue weighted by molar-refractivity contribution is 6.19. The second-order valence-corrected chi connectivity index (χ2v) is 4.36. The Bertz CT molecular complexity index is 468. The third-order valence-corrected chi connectivity index (χ3v) is 3.09. The van der Waals surface area contributed by atoms with Crippen LogP contribution in [-0.2, 0) is 4.79 Å². The highest BCUT2D eigenvalue weighted by Gasteiger charge is 2.21. The number of aromatic hydroxyl groups is 1. The molecular weight excluding hydrogens is 226 g/mol. The first-order chi connectivity index (χ1) is 8.72. The van der Waals surface area contributed by atoms with Crippen LogP contribution in [0.2, 0.25) is 0 Å². The number of nitrogens with zero attached hydrogens (tertiary/aromatic N) is 1. The minimum absolute atomic E-state index is 0.0399. The van der Waals surface area contributed by atoms with Crippen LogP contribution in [-0.4, -0.2) is 29.0 Å². The molecule has 0 atom stereocenters. The fourth-order valence-corrected chi connectivity index (χ4v) is 2.14. The predicted molar refractivity (Wildman–Crippen MR) is 72.1 cm³/mol. The second-order valence-electron chi connectivity index (χ2n) is 4.36. The molecule has 0 unspecified atom stereocenters. The Morgan fingerprint density at radius 3 is 2.39 bits per heavy atom. The Kier molecular flexibility index (Phi) is 3.82. The number of amides is 1. The molecule has 0 saturated carbocycles. The van der Waals surface area contributed by atoms with Gasteiger partial charge in [0, 0.05) is 18.7 Å². The molecule has 1 aliphatic rings. The Hall–Kier alpha value is -2.03. The standard InChI is InChI=1S/C15H17NO2/c1-2-5-14(12-6-8-13(17)9-7-12)15(18)16-10-3-4-11-16/h2,5-9,17H,1,3-4,10-11H2. The summed E-state index contributed by atoms with van der Waals surface area (Å²) in [6.45, 7) is 5.31. The highest BCUT2D eigenvalue weighted by Crippen LogP contribution is 2.22. The first-order valence-corrected chi connectivity index (χ1v) is 6.14. The molecule has 0 aromatic heterocycles. The minimum atomic E-state index is 0.0399. The van der Waals surface area contributed by atoms with Crippen molar-refractivity contribution in [3.05, 3.63) is 48.6 Å². The molecule has 2 rings (SSSR count). The van der Waals surface area contributed by atoms with E-state index in [-0.39, 0.29) is 11.7 Å². The molecule has 3 heteroatoms. The Morgan fingerprint density at radius 1 is 1.22 bits per heavy atom. The van der Waals surface area contributed by atoms with Gasteiger partial charge in [0.15, 0.2) is 0 Å². The van der Waals surface area contributed by atoms with E-state index in [0.717, 1.165) is 31.5 Å². The molecule has 0 radical (unpaired) electrons. The fraction of sp³-hybridized carbons (Fsp3) is 0.267. The summed E-state index contributed by atoms with van der Waals surface area (Å²) in [6, 6.07) is 6.67. The van der Waals surface area contributed by atoms with Gasteiger partial charge < -0.3 is 10.0 Å². The van der Waals surface area contributed by atoms with E-state index in [1.165, 1.54) is 0 Å². The minimum Gasteiger partial charge on any atom is -0.508 e. The number of phenols is 1. The largest absolute Gasteiger partial charge is 0.508 e. The molecule has 18 heavy (non-hydrogen) atoms. The molecular formula is C15H17NO2. The van der Waals surface area contributed by atoms with Gasteiger partial charge in [-0.15, -0.1) is 0 Å². The molecule has 1 aromatic rings. The van der Waals surface area contributed by atoms with Crippen molar-refractivity contribution in [1.82, 2.24) is 4.90 Å². The summed E-state index contributed by atoms with van der Waals surface area (Å²) in [5.74, 6) is 0.239. The average Bonchev–Trinajstić information content (AvgIpc) is 2.90. The zero-order valence-corrected chi connectivity index (χ0v) is 10.3. The number of hydrogen-bond acceptors (Lipinski definition) is 2. The lowest BCUT2D eigenvalue weighted by Crippen LogP contribution is -2.28. The highest BCUT2D eigenvalue weighted by atomic mass is 16.3. The monoisotopic (exact) mass is 243 g/mol. The zero-order chi connectivity index (χ0) is 13.0. The van der Waals surface area contributed by atoms with Crippen LogP contribution in [0.3, 0.4) is 0 Å². The van der Waals surface area contributed by atoms with E-state index in [1.807, 2.05) is 4.90 Å². The molecule has 0 bridgehead atoms. The lowest BCUT2D eigenvalue weighted by molar-refractivity contribution is -0.124.